The van der Waals surface area contributed by atoms with Crippen molar-refractivity contribution in [2.24, 2.45) is 9.98 Å². The highest BCUT2D eigenvalue weighted by Gasteiger charge is 2.30. The first kappa shape index (κ1) is 26.0. The summed E-state index contributed by atoms with van der Waals surface area (Å²) in [5, 5.41) is 9.46. The summed E-state index contributed by atoms with van der Waals surface area (Å²) >= 11 is 0. The molecule has 5 nitrogen and oxygen atoms in total. The number of halogens is 3. The number of carbonyl (C=O) groups is 1. The van der Waals surface area contributed by atoms with Crippen LogP contribution in [0.4, 0.5) is 13.2 Å². The second-order valence-electron chi connectivity index (χ2n) is 8.79. The van der Waals surface area contributed by atoms with E-state index in [2.05, 4.69) is 24.1 Å². The van der Waals surface area contributed by atoms with Gasteiger partial charge in [0.2, 0.25) is 0 Å². The van der Waals surface area contributed by atoms with E-state index in [1.54, 1.807) is 18.2 Å². The van der Waals surface area contributed by atoms with Gasteiger partial charge in [0, 0.05) is 31.5 Å². The smallest absolute Gasteiger partial charge is 0.337 e. The lowest BCUT2D eigenvalue weighted by Gasteiger charge is -2.26. The maximum absolute atomic E-state index is 15.7. The Morgan fingerprint density at radius 1 is 1.00 bits per heavy atom. The molecule has 1 aliphatic carbocycles. The second-order valence-corrected chi connectivity index (χ2v) is 9.36. The third-order valence-electron chi connectivity index (χ3n) is 6.50. The third-order valence-corrected chi connectivity index (χ3v) is 7.04. The van der Waals surface area contributed by atoms with Gasteiger partial charge < -0.3 is 5.11 Å². The summed E-state index contributed by atoms with van der Waals surface area (Å²) in [5.74, 6) is -4.93. The predicted octanol–water partition coefficient (Wildman–Crippen LogP) is 4.81. The van der Waals surface area contributed by atoms with E-state index in [4.69, 9.17) is 0 Å². The minimum Gasteiger partial charge on any atom is -0.478 e. The molecular weight excluding hydrogens is 486 g/mol. The number of aliphatic carboxylic acids is 1. The van der Waals surface area contributed by atoms with Crippen LogP contribution in [0.5, 0.6) is 0 Å². The van der Waals surface area contributed by atoms with Crippen molar-refractivity contribution in [2.45, 2.75) is 25.8 Å². The Morgan fingerprint density at radius 3 is 2.33 bits per heavy atom. The predicted molar refractivity (Wildman–Crippen MR) is 141 cm³/mol. The monoisotopic (exact) mass is 513 g/mol. The first-order valence-corrected chi connectivity index (χ1v) is 12.2. The molecule has 2 aromatic carbocycles. The Kier molecular flexibility index (Phi) is 7.86. The van der Waals surface area contributed by atoms with Crippen molar-refractivity contribution in [1.82, 2.24) is 4.90 Å². The summed E-state index contributed by atoms with van der Waals surface area (Å²) < 4.78 is 46.7. The van der Waals surface area contributed by atoms with Crippen molar-refractivity contribution in [2.75, 3.05) is 27.2 Å². The van der Waals surface area contributed by atoms with Gasteiger partial charge >= 0.3 is 5.97 Å². The van der Waals surface area contributed by atoms with Gasteiger partial charge in [0.1, 0.15) is 5.82 Å². The van der Waals surface area contributed by atoms with Crippen molar-refractivity contribution < 1.29 is 23.1 Å². The molecule has 0 aromatic heterocycles. The van der Waals surface area contributed by atoms with E-state index < -0.39 is 29.0 Å². The zero-order valence-electron chi connectivity index (χ0n) is 20.1. The van der Waals surface area contributed by atoms with Crippen LogP contribution in [-0.2, 0) is 11.3 Å². The number of likely N-dealkylation sites (tertiary alicyclic amines) is 1. The maximum Gasteiger partial charge on any atom is 0.337 e. The van der Waals surface area contributed by atoms with E-state index in [1.807, 2.05) is 6.07 Å². The van der Waals surface area contributed by atoms with Crippen molar-refractivity contribution >= 4 is 37.5 Å². The number of hydrogen-bond donors (Lipinski definition) is 1. The molecular formula is C27H27F3N3O2P. The molecule has 9 heteroatoms. The zero-order chi connectivity index (χ0) is 26.0. The molecule has 36 heavy (non-hydrogen) atoms. The fraction of sp³-hybridized carbons (Fsp3) is 0.296. The summed E-state index contributed by atoms with van der Waals surface area (Å²) in [6, 6.07) is 7.05. The Balaban J connectivity index is 1.80. The van der Waals surface area contributed by atoms with Gasteiger partial charge in [0.25, 0.3) is 0 Å². The number of piperidine rings is 1. The van der Waals surface area contributed by atoms with Gasteiger partial charge in [-0.05, 0) is 60.8 Å². The number of hydrogen-bond acceptors (Lipinski definition) is 4. The molecule has 1 atom stereocenters. The molecule has 2 aromatic rings. The largest absolute Gasteiger partial charge is 0.478 e. The molecule has 0 spiro atoms. The van der Waals surface area contributed by atoms with E-state index in [0.717, 1.165) is 37.6 Å². The van der Waals surface area contributed by atoms with Crippen molar-refractivity contribution in [1.29, 1.82) is 0 Å². The van der Waals surface area contributed by atoms with E-state index in [1.165, 1.54) is 26.6 Å². The fourth-order valence-electron chi connectivity index (χ4n) is 4.75. The van der Waals surface area contributed by atoms with Gasteiger partial charge in [-0.2, -0.15) is 0 Å². The number of carboxylic acid groups (broad SMARTS) is 1. The number of benzene rings is 2. The molecule has 1 saturated heterocycles. The van der Waals surface area contributed by atoms with Gasteiger partial charge in [0.05, 0.1) is 22.6 Å². The minimum absolute atomic E-state index is 0.0725. The normalized spacial score (nSPS) is 18.9. The van der Waals surface area contributed by atoms with Crippen molar-refractivity contribution in [3.8, 4) is 11.1 Å². The van der Waals surface area contributed by atoms with E-state index in [9.17, 15) is 9.90 Å². The number of allylic oxidation sites excluding steroid dienone is 3. The van der Waals surface area contributed by atoms with Crippen LogP contribution in [0, 0.1) is 17.5 Å². The van der Waals surface area contributed by atoms with Crippen molar-refractivity contribution in [3.63, 3.8) is 0 Å². The summed E-state index contributed by atoms with van der Waals surface area (Å²) in [6.07, 6.45) is 5.86. The average Bonchev–Trinajstić information content (AvgIpc) is 2.88. The van der Waals surface area contributed by atoms with Gasteiger partial charge in [-0.15, -0.1) is 9.24 Å². The highest BCUT2D eigenvalue weighted by atomic mass is 31.0. The number of carboxylic acids is 1. The molecule has 0 amide bonds. The quantitative estimate of drug-likeness (QED) is 0.355. The molecule has 0 saturated carbocycles. The van der Waals surface area contributed by atoms with Crippen LogP contribution in [0.1, 0.15) is 30.4 Å². The summed E-state index contributed by atoms with van der Waals surface area (Å²) in [7, 11) is 4.97. The van der Waals surface area contributed by atoms with Gasteiger partial charge in [-0.1, -0.05) is 24.6 Å². The molecule has 0 bridgehead atoms. The topological polar surface area (TPSA) is 65.3 Å². The SMILES string of the molecule is CN=C1C=C(c2c(F)c(F)c(-c3cccc(CN4CCCCC4)c3)c(P)c2F)C=C(C(=O)O)C1=NC. The minimum atomic E-state index is -1.39. The number of aliphatic imine (C=N–C) groups is 2. The van der Waals surface area contributed by atoms with E-state index in [0.29, 0.717) is 12.1 Å². The Bertz CT molecular complexity index is 1310. The summed E-state index contributed by atoms with van der Waals surface area (Å²) in [4.78, 5) is 22.0. The summed E-state index contributed by atoms with van der Waals surface area (Å²) in [6.45, 7) is 2.65. The van der Waals surface area contributed by atoms with Crippen LogP contribution in [0.25, 0.3) is 16.7 Å². The van der Waals surface area contributed by atoms with E-state index in [-0.39, 0.29) is 33.4 Å². The highest BCUT2D eigenvalue weighted by molar-refractivity contribution is 7.28. The third kappa shape index (κ3) is 4.93. The van der Waals surface area contributed by atoms with Crippen LogP contribution in [0.2, 0.25) is 0 Å². The first-order chi connectivity index (χ1) is 17.3. The molecule has 1 heterocycles. The average molecular weight is 514 g/mol. The van der Waals surface area contributed by atoms with Crippen LogP contribution < -0.4 is 5.30 Å². The molecule has 1 N–H and O–H groups in total. The summed E-state index contributed by atoms with van der Waals surface area (Å²) in [5.41, 5.74) is 0.251. The van der Waals surface area contributed by atoms with Crippen LogP contribution in [-0.4, -0.2) is 54.6 Å². The Hall–Kier alpha value is -3.09. The molecule has 1 aliphatic heterocycles. The molecule has 4 rings (SSSR count). The lowest BCUT2D eigenvalue weighted by molar-refractivity contribution is -0.132. The number of nitrogens with zero attached hydrogens (tertiary/aromatic N) is 3. The lowest BCUT2D eigenvalue weighted by atomic mass is 9.89. The molecule has 0 radical (unpaired) electrons. The molecule has 1 unspecified atom stereocenters. The van der Waals surface area contributed by atoms with Crippen molar-refractivity contribution in [3.05, 3.63) is 70.6 Å². The molecule has 2 aliphatic rings. The highest BCUT2D eigenvalue weighted by Crippen LogP contribution is 2.34. The van der Waals surface area contributed by atoms with Gasteiger partial charge in [-0.3, -0.25) is 14.9 Å². The van der Waals surface area contributed by atoms with Crippen LogP contribution >= 0.6 is 9.24 Å². The van der Waals surface area contributed by atoms with E-state index >= 15 is 13.2 Å². The lowest BCUT2D eigenvalue weighted by Crippen LogP contribution is -2.29. The van der Waals surface area contributed by atoms with Gasteiger partial charge in [0.15, 0.2) is 11.6 Å². The standard InChI is InChI=1S/C27H27F3N3O2P/c1-31-19-13-17(12-18(27(34)35)25(19)32-2)20-22(28)23(29)21(26(36)24(20)30)16-8-6-7-15(11-16)14-33-9-4-3-5-10-33/h6-8,11-13H,3-5,9-10,14,36H2,1-2H3,(H,34,35). The first-order valence-electron chi connectivity index (χ1n) is 11.7. The zero-order valence-corrected chi connectivity index (χ0v) is 21.3. The number of rotatable bonds is 5. The fourth-order valence-corrected chi connectivity index (χ4v) is 5.18. The Morgan fingerprint density at radius 2 is 1.69 bits per heavy atom. The Labute approximate surface area is 210 Å². The van der Waals surface area contributed by atoms with Crippen LogP contribution in [0.15, 0.2) is 52.0 Å². The molecule has 188 valence electrons. The van der Waals surface area contributed by atoms with Crippen LogP contribution in [0.3, 0.4) is 0 Å². The maximum atomic E-state index is 15.7. The second kappa shape index (κ2) is 10.9. The molecule has 1 fully saturated rings. The van der Waals surface area contributed by atoms with Gasteiger partial charge in [-0.25, -0.2) is 18.0 Å².